The molecule has 0 saturated heterocycles. The lowest BCUT2D eigenvalue weighted by atomic mass is 10.0. The van der Waals surface area contributed by atoms with Crippen molar-refractivity contribution in [2.75, 3.05) is 6.54 Å². The molecule has 1 nitrogen and oxygen atoms in total. The van der Waals surface area contributed by atoms with Gasteiger partial charge in [0.2, 0.25) is 0 Å². The van der Waals surface area contributed by atoms with Crippen LogP contribution in [0.15, 0.2) is 28.1 Å². The van der Waals surface area contributed by atoms with E-state index in [2.05, 4.69) is 21.2 Å². The van der Waals surface area contributed by atoms with Crippen molar-refractivity contribution in [3.63, 3.8) is 0 Å². The molecule has 0 aliphatic rings. The Morgan fingerprint density at radius 1 is 1.20 bits per heavy atom. The molecule has 1 aromatic heterocycles. The summed E-state index contributed by atoms with van der Waals surface area (Å²) in [5, 5.41) is 5.03. The molecule has 6 heteroatoms. The van der Waals surface area contributed by atoms with Crippen LogP contribution in [0, 0.1) is 17.5 Å². The molecule has 1 N–H and O–H groups in total. The van der Waals surface area contributed by atoms with Crippen LogP contribution in [0.2, 0.25) is 0 Å². The van der Waals surface area contributed by atoms with E-state index in [4.69, 9.17) is 0 Å². The van der Waals surface area contributed by atoms with Crippen LogP contribution in [-0.4, -0.2) is 6.54 Å². The Morgan fingerprint density at radius 2 is 1.90 bits per heavy atom. The van der Waals surface area contributed by atoms with E-state index >= 15 is 0 Å². The minimum Gasteiger partial charge on any atom is -0.305 e. The molecule has 0 aliphatic heterocycles. The SMILES string of the molecule is CCCNC(c1cc(F)c(F)cc1F)c1sccc1Br. The molecule has 0 bridgehead atoms. The predicted octanol–water partition coefficient (Wildman–Crippen LogP) is 5.02. The van der Waals surface area contributed by atoms with Gasteiger partial charge in [0.25, 0.3) is 0 Å². The third-order valence-electron chi connectivity index (χ3n) is 2.86. The monoisotopic (exact) mass is 363 g/mol. The van der Waals surface area contributed by atoms with Crippen LogP contribution >= 0.6 is 27.3 Å². The molecular weight excluding hydrogens is 351 g/mol. The smallest absolute Gasteiger partial charge is 0.161 e. The second kappa shape index (κ2) is 6.74. The van der Waals surface area contributed by atoms with Crippen molar-refractivity contribution in [1.29, 1.82) is 0 Å². The van der Waals surface area contributed by atoms with Crippen LogP contribution in [0.3, 0.4) is 0 Å². The molecule has 0 saturated carbocycles. The van der Waals surface area contributed by atoms with Crippen molar-refractivity contribution < 1.29 is 13.2 Å². The fourth-order valence-corrected chi connectivity index (χ4v) is 3.60. The summed E-state index contributed by atoms with van der Waals surface area (Å²) in [6.07, 6.45) is 0.852. The van der Waals surface area contributed by atoms with Gasteiger partial charge in [-0.05, 0) is 46.4 Å². The molecule has 1 unspecified atom stereocenters. The van der Waals surface area contributed by atoms with E-state index in [1.54, 1.807) is 0 Å². The normalized spacial score (nSPS) is 12.7. The highest BCUT2D eigenvalue weighted by atomic mass is 79.9. The number of benzene rings is 1. The standard InChI is InChI=1S/C14H13BrF3NS/c1-2-4-19-13(14-9(15)3-5-20-14)8-6-11(17)12(18)7-10(8)16/h3,5-7,13,19H,2,4H2,1H3. The lowest BCUT2D eigenvalue weighted by Crippen LogP contribution is -2.24. The van der Waals surface area contributed by atoms with Crippen molar-refractivity contribution in [2.24, 2.45) is 0 Å². The summed E-state index contributed by atoms with van der Waals surface area (Å²) < 4.78 is 41.3. The van der Waals surface area contributed by atoms with Gasteiger partial charge in [0.15, 0.2) is 11.6 Å². The Kier molecular flexibility index (Phi) is 5.23. The van der Waals surface area contributed by atoms with Crippen molar-refractivity contribution >= 4 is 27.3 Å². The maximum absolute atomic E-state index is 14.0. The van der Waals surface area contributed by atoms with Gasteiger partial charge in [-0.15, -0.1) is 11.3 Å². The van der Waals surface area contributed by atoms with Crippen molar-refractivity contribution in [2.45, 2.75) is 19.4 Å². The second-order valence-electron chi connectivity index (χ2n) is 4.31. The molecule has 20 heavy (non-hydrogen) atoms. The number of halogens is 4. The third kappa shape index (κ3) is 3.24. The number of rotatable bonds is 5. The van der Waals surface area contributed by atoms with Crippen molar-refractivity contribution in [3.05, 3.63) is 55.9 Å². The molecule has 1 aromatic carbocycles. The number of hydrogen-bond donors (Lipinski definition) is 1. The Hall–Kier alpha value is -0.850. The number of nitrogens with one attached hydrogen (secondary N) is 1. The largest absolute Gasteiger partial charge is 0.305 e. The molecule has 0 fully saturated rings. The van der Waals surface area contributed by atoms with E-state index in [1.165, 1.54) is 11.3 Å². The van der Waals surface area contributed by atoms with Crippen LogP contribution in [0.1, 0.15) is 29.8 Å². The highest BCUT2D eigenvalue weighted by molar-refractivity contribution is 9.10. The summed E-state index contributed by atoms with van der Waals surface area (Å²) in [5.74, 6) is -2.97. The van der Waals surface area contributed by atoms with Crippen LogP contribution in [-0.2, 0) is 0 Å². The summed E-state index contributed by atoms with van der Waals surface area (Å²) in [4.78, 5) is 0.836. The van der Waals surface area contributed by atoms with E-state index in [-0.39, 0.29) is 5.56 Å². The molecular formula is C14H13BrF3NS. The molecule has 1 heterocycles. The van der Waals surface area contributed by atoms with Crippen LogP contribution < -0.4 is 5.32 Å². The minimum absolute atomic E-state index is 0.112. The molecule has 2 aromatic rings. The Balaban J connectivity index is 2.46. The van der Waals surface area contributed by atoms with Crippen molar-refractivity contribution in [1.82, 2.24) is 5.32 Å². The maximum Gasteiger partial charge on any atom is 0.161 e. The van der Waals surface area contributed by atoms with E-state index in [0.29, 0.717) is 12.6 Å². The van der Waals surface area contributed by atoms with E-state index < -0.39 is 23.5 Å². The summed E-state index contributed by atoms with van der Waals surface area (Å²) in [6, 6.07) is 2.86. The quantitative estimate of drug-likeness (QED) is 0.735. The van der Waals surface area contributed by atoms with E-state index in [9.17, 15) is 13.2 Å². The zero-order valence-electron chi connectivity index (χ0n) is 10.7. The van der Waals surface area contributed by atoms with Crippen LogP contribution in [0.5, 0.6) is 0 Å². The first-order valence-corrected chi connectivity index (χ1v) is 7.82. The lowest BCUT2D eigenvalue weighted by molar-refractivity contribution is 0.480. The minimum atomic E-state index is -1.18. The average molecular weight is 364 g/mol. The van der Waals surface area contributed by atoms with Gasteiger partial charge < -0.3 is 5.32 Å². The lowest BCUT2D eigenvalue weighted by Gasteiger charge is -2.19. The van der Waals surface area contributed by atoms with Gasteiger partial charge >= 0.3 is 0 Å². The molecule has 2 rings (SSSR count). The fourth-order valence-electron chi connectivity index (χ4n) is 1.90. The summed E-state index contributed by atoms with van der Waals surface area (Å²) in [6.45, 7) is 2.63. The van der Waals surface area contributed by atoms with Crippen LogP contribution in [0.4, 0.5) is 13.2 Å². The number of hydrogen-bond acceptors (Lipinski definition) is 2. The van der Waals surface area contributed by atoms with E-state index in [1.807, 2.05) is 18.4 Å². The second-order valence-corrected chi connectivity index (χ2v) is 6.11. The zero-order chi connectivity index (χ0) is 14.7. The molecule has 0 radical (unpaired) electrons. The Bertz CT molecular complexity index is 600. The van der Waals surface area contributed by atoms with Gasteiger partial charge in [-0.3, -0.25) is 0 Å². The fraction of sp³-hybridized carbons (Fsp3) is 0.286. The van der Waals surface area contributed by atoms with Crippen LogP contribution in [0.25, 0.3) is 0 Å². The zero-order valence-corrected chi connectivity index (χ0v) is 13.1. The Labute approximate surface area is 128 Å². The van der Waals surface area contributed by atoms with Crippen molar-refractivity contribution in [3.8, 4) is 0 Å². The van der Waals surface area contributed by atoms with Gasteiger partial charge in [-0.25, -0.2) is 13.2 Å². The van der Waals surface area contributed by atoms with Gasteiger partial charge in [-0.1, -0.05) is 6.92 Å². The Morgan fingerprint density at radius 3 is 2.50 bits per heavy atom. The summed E-state index contributed by atoms with van der Waals surface area (Å²) in [7, 11) is 0. The molecule has 108 valence electrons. The first-order chi connectivity index (χ1) is 9.54. The highest BCUT2D eigenvalue weighted by Crippen LogP contribution is 2.34. The maximum atomic E-state index is 14.0. The number of thiophene rings is 1. The molecule has 0 amide bonds. The van der Waals surface area contributed by atoms with Gasteiger partial charge in [0, 0.05) is 21.0 Å². The predicted molar refractivity (Wildman–Crippen MR) is 78.5 cm³/mol. The topological polar surface area (TPSA) is 12.0 Å². The van der Waals surface area contributed by atoms with Gasteiger partial charge in [-0.2, -0.15) is 0 Å². The van der Waals surface area contributed by atoms with Gasteiger partial charge in [0.1, 0.15) is 5.82 Å². The highest BCUT2D eigenvalue weighted by Gasteiger charge is 2.22. The summed E-state index contributed by atoms with van der Waals surface area (Å²) in [5.41, 5.74) is 0.112. The summed E-state index contributed by atoms with van der Waals surface area (Å²) >= 11 is 4.82. The first kappa shape index (κ1) is 15.5. The van der Waals surface area contributed by atoms with E-state index in [0.717, 1.165) is 21.8 Å². The third-order valence-corrected chi connectivity index (χ3v) is 4.79. The first-order valence-electron chi connectivity index (χ1n) is 6.15. The molecule has 0 aliphatic carbocycles. The average Bonchev–Trinajstić information content (AvgIpc) is 2.82. The molecule has 0 spiro atoms. The van der Waals surface area contributed by atoms with Gasteiger partial charge in [0.05, 0.1) is 6.04 Å². The molecule has 1 atom stereocenters.